The summed E-state index contributed by atoms with van der Waals surface area (Å²) in [5.74, 6) is 1.04. The molecule has 24 heavy (non-hydrogen) atoms. The number of nitrogens with zero attached hydrogens (tertiary/aromatic N) is 1. The summed E-state index contributed by atoms with van der Waals surface area (Å²) in [5, 5.41) is 9.84. The molecule has 134 valence electrons. The Bertz CT molecular complexity index is 549. The molecule has 3 atom stereocenters. The number of hydrogen-bond acceptors (Lipinski definition) is 4. The second kappa shape index (κ2) is 7.43. The minimum absolute atomic E-state index is 0.00196. The van der Waals surface area contributed by atoms with Gasteiger partial charge in [0.25, 0.3) is 0 Å². The highest BCUT2D eigenvalue weighted by Gasteiger charge is 2.37. The van der Waals surface area contributed by atoms with Gasteiger partial charge in [0.2, 0.25) is 0 Å². The molecule has 0 aromatic heterocycles. The largest absolute Gasteiger partial charge is 0.497 e. The summed E-state index contributed by atoms with van der Waals surface area (Å²) in [4.78, 5) is 14.2. The Morgan fingerprint density at radius 2 is 1.92 bits per heavy atom. The van der Waals surface area contributed by atoms with Gasteiger partial charge in [-0.15, -0.1) is 0 Å². The molecular weight excluding hydrogens is 306 g/mol. The Morgan fingerprint density at radius 1 is 1.29 bits per heavy atom. The van der Waals surface area contributed by atoms with E-state index in [-0.39, 0.29) is 30.6 Å². The van der Waals surface area contributed by atoms with Crippen LogP contribution in [-0.4, -0.2) is 48.0 Å². The Kier molecular flexibility index (Phi) is 5.75. The van der Waals surface area contributed by atoms with Gasteiger partial charge in [0.15, 0.2) is 0 Å². The molecule has 0 spiro atoms. The smallest absolute Gasteiger partial charge is 0.410 e. The lowest BCUT2D eigenvalue weighted by molar-refractivity contribution is -0.00300. The van der Waals surface area contributed by atoms with E-state index in [0.717, 1.165) is 12.2 Å². The number of ether oxygens (including phenoxy) is 2. The van der Waals surface area contributed by atoms with Crippen molar-refractivity contribution in [3.05, 3.63) is 29.8 Å². The van der Waals surface area contributed by atoms with Crippen molar-refractivity contribution in [2.24, 2.45) is 5.92 Å². The number of carbonyl (C=O) groups is 1. The van der Waals surface area contributed by atoms with Gasteiger partial charge in [0, 0.05) is 25.1 Å². The second-order valence-corrected chi connectivity index (χ2v) is 7.54. The van der Waals surface area contributed by atoms with Gasteiger partial charge < -0.3 is 19.5 Å². The molecule has 1 saturated heterocycles. The van der Waals surface area contributed by atoms with Gasteiger partial charge in [-0.1, -0.05) is 12.1 Å². The maximum absolute atomic E-state index is 12.4. The van der Waals surface area contributed by atoms with Crippen molar-refractivity contribution < 1.29 is 19.4 Å². The summed E-state index contributed by atoms with van der Waals surface area (Å²) in [5.41, 5.74) is 0.656. The Balaban J connectivity index is 2.13. The summed E-state index contributed by atoms with van der Waals surface area (Å²) < 4.78 is 10.7. The fourth-order valence-corrected chi connectivity index (χ4v) is 3.27. The number of carbonyl (C=O) groups excluding carboxylic acids is 1. The molecule has 2 rings (SSSR count). The summed E-state index contributed by atoms with van der Waals surface area (Å²) in [7, 11) is 1.65. The average molecular weight is 335 g/mol. The molecule has 0 saturated carbocycles. The predicted octanol–water partition coefficient (Wildman–Crippen LogP) is 3.42. The Morgan fingerprint density at radius 3 is 2.42 bits per heavy atom. The fraction of sp³-hybridized carbons (Fsp3) is 0.632. The molecule has 0 aliphatic carbocycles. The van der Waals surface area contributed by atoms with Crippen molar-refractivity contribution in [3.63, 3.8) is 0 Å². The molecule has 1 amide bonds. The highest BCUT2D eigenvalue weighted by Crippen LogP contribution is 2.37. The van der Waals surface area contributed by atoms with Crippen LogP contribution >= 0.6 is 0 Å². The lowest BCUT2D eigenvalue weighted by atomic mass is 9.78. The van der Waals surface area contributed by atoms with Crippen LogP contribution in [0.4, 0.5) is 4.79 Å². The van der Waals surface area contributed by atoms with E-state index >= 15 is 0 Å². The van der Waals surface area contributed by atoms with E-state index in [1.165, 1.54) is 5.56 Å². The van der Waals surface area contributed by atoms with Gasteiger partial charge in [-0.2, -0.15) is 0 Å². The quantitative estimate of drug-likeness (QED) is 0.919. The zero-order chi connectivity index (χ0) is 17.9. The maximum Gasteiger partial charge on any atom is 0.410 e. The lowest BCUT2D eigenvalue weighted by Gasteiger charge is -2.42. The maximum atomic E-state index is 12.4. The molecule has 0 radical (unpaired) electrons. The number of likely N-dealkylation sites (tertiary alicyclic amines) is 1. The van der Waals surface area contributed by atoms with Crippen LogP contribution in [0.15, 0.2) is 24.3 Å². The van der Waals surface area contributed by atoms with Crippen molar-refractivity contribution in [2.45, 2.75) is 51.7 Å². The van der Waals surface area contributed by atoms with E-state index in [0.29, 0.717) is 6.54 Å². The van der Waals surface area contributed by atoms with Crippen molar-refractivity contribution >= 4 is 6.09 Å². The second-order valence-electron chi connectivity index (χ2n) is 7.54. The van der Waals surface area contributed by atoms with Gasteiger partial charge in [-0.25, -0.2) is 4.79 Å². The fourth-order valence-electron chi connectivity index (χ4n) is 3.27. The van der Waals surface area contributed by atoms with Crippen molar-refractivity contribution in [1.29, 1.82) is 0 Å². The van der Waals surface area contributed by atoms with E-state index < -0.39 is 5.60 Å². The van der Waals surface area contributed by atoms with Crippen LogP contribution in [0.2, 0.25) is 0 Å². The van der Waals surface area contributed by atoms with Crippen molar-refractivity contribution in [1.82, 2.24) is 4.90 Å². The van der Waals surface area contributed by atoms with Crippen LogP contribution in [0, 0.1) is 5.92 Å². The van der Waals surface area contributed by atoms with Gasteiger partial charge >= 0.3 is 6.09 Å². The van der Waals surface area contributed by atoms with Gasteiger partial charge in [-0.05, 0) is 57.7 Å². The topological polar surface area (TPSA) is 59.0 Å². The molecule has 3 unspecified atom stereocenters. The number of hydrogen-bond donors (Lipinski definition) is 1. The van der Waals surface area contributed by atoms with Gasteiger partial charge in [0.05, 0.1) is 7.11 Å². The minimum atomic E-state index is -0.516. The third-order valence-corrected chi connectivity index (χ3v) is 4.53. The van der Waals surface area contributed by atoms with Crippen LogP contribution in [-0.2, 0) is 4.74 Å². The highest BCUT2D eigenvalue weighted by molar-refractivity contribution is 5.68. The van der Waals surface area contributed by atoms with E-state index in [4.69, 9.17) is 9.47 Å². The number of benzene rings is 1. The summed E-state index contributed by atoms with van der Waals surface area (Å²) in [6.07, 6.45) is 0.498. The van der Waals surface area contributed by atoms with E-state index in [9.17, 15) is 9.90 Å². The third kappa shape index (κ3) is 4.41. The molecule has 1 aromatic rings. The molecular formula is C19H29NO4. The van der Waals surface area contributed by atoms with Crippen molar-refractivity contribution in [3.8, 4) is 5.75 Å². The van der Waals surface area contributed by atoms with Gasteiger partial charge in [-0.3, -0.25) is 0 Å². The van der Waals surface area contributed by atoms with Crippen LogP contribution < -0.4 is 4.74 Å². The Hall–Kier alpha value is -1.75. The zero-order valence-corrected chi connectivity index (χ0v) is 15.3. The molecule has 1 aromatic carbocycles. The summed E-state index contributed by atoms with van der Waals surface area (Å²) >= 11 is 0. The molecule has 1 N–H and O–H groups in total. The number of amides is 1. The first-order chi connectivity index (χ1) is 11.2. The first-order valence-corrected chi connectivity index (χ1v) is 8.49. The molecule has 5 heteroatoms. The third-order valence-electron chi connectivity index (χ3n) is 4.53. The number of methoxy groups -OCH3 is 1. The van der Waals surface area contributed by atoms with Crippen LogP contribution in [0.1, 0.15) is 45.6 Å². The molecule has 5 nitrogen and oxygen atoms in total. The highest BCUT2D eigenvalue weighted by atomic mass is 16.6. The van der Waals surface area contributed by atoms with Crippen LogP contribution in [0.3, 0.4) is 0 Å². The van der Waals surface area contributed by atoms with Crippen LogP contribution in [0.25, 0.3) is 0 Å². The predicted molar refractivity (Wildman–Crippen MR) is 93.3 cm³/mol. The van der Waals surface area contributed by atoms with E-state index in [1.807, 2.05) is 52.0 Å². The molecule has 1 aliphatic heterocycles. The number of rotatable bonds is 3. The van der Waals surface area contributed by atoms with E-state index in [1.54, 1.807) is 12.0 Å². The number of piperidine rings is 1. The first-order valence-electron chi connectivity index (χ1n) is 8.49. The molecule has 1 heterocycles. The molecule has 0 bridgehead atoms. The normalized spacial score (nSPS) is 24.6. The molecule has 1 fully saturated rings. The standard InChI is InChI=1S/C19H29NO4/c1-13-10-17(14-6-8-16(23-5)9-7-14)15(12-21)11-20(13)18(22)24-19(2,3)4/h6-9,13,15,17,21H,10-12H2,1-5H3. The average Bonchev–Trinajstić information content (AvgIpc) is 2.53. The summed E-state index contributed by atoms with van der Waals surface area (Å²) in [6, 6.07) is 8.03. The monoisotopic (exact) mass is 335 g/mol. The van der Waals surface area contributed by atoms with Gasteiger partial charge in [0.1, 0.15) is 11.4 Å². The van der Waals surface area contributed by atoms with Crippen LogP contribution in [0.5, 0.6) is 5.75 Å². The first kappa shape index (κ1) is 18.6. The number of aliphatic hydroxyl groups excluding tert-OH is 1. The Labute approximate surface area is 144 Å². The minimum Gasteiger partial charge on any atom is -0.497 e. The molecule has 1 aliphatic rings. The zero-order valence-electron chi connectivity index (χ0n) is 15.3. The lowest BCUT2D eigenvalue weighted by Crippen LogP contribution is -2.50. The SMILES string of the molecule is COc1ccc(C2CC(C)N(C(=O)OC(C)(C)C)CC2CO)cc1. The van der Waals surface area contributed by atoms with Crippen molar-refractivity contribution in [2.75, 3.05) is 20.3 Å². The van der Waals surface area contributed by atoms with E-state index in [2.05, 4.69) is 0 Å². The summed E-state index contributed by atoms with van der Waals surface area (Å²) in [6.45, 7) is 8.18. The number of aliphatic hydroxyl groups is 1.